The third-order valence-corrected chi connectivity index (χ3v) is 7.34. The van der Waals surface area contributed by atoms with E-state index >= 15 is 0 Å². The largest absolute Gasteiger partial charge is 0.384 e. The van der Waals surface area contributed by atoms with Crippen LogP contribution in [0.4, 0.5) is 17.5 Å². The molecular formula is C18H24ClN7S. The molecule has 0 bridgehead atoms. The average molecular weight is 406 g/mol. The molecule has 2 aromatic rings. The van der Waals surface area contributed by atoms with Crippen LogP contribution in [0.1, 0.15) is 32.1 Å². The molecule has 1 atom stereocenters. The second-order valence-corrected chi connectivity index (χ2v) is 8.85. The van der Waals surface area contributed by atoms with E-state index in [9.17, 15) is 0 Å². The third-order valence-electron chi connectivity index (χ3n) is 5.86. The lowest BCUT2D eigenvalue weighted by molar-refractivity contribution is 0.197. The van der Waals surface area contributed by atoms with Gasteiger partial charge in [0.2, 0.25) is 0 Å². The summed E-state index contributed by atoms with van der Waals surface area (Å²) in [5.74, 6) is 1.61. The molecule has 9 heteroatoms. The van der Waals surface area contributed by atoms with Crippen LogP contribution in [0.15, 0.2) is 28.4 Å². The number of halogens is 1. The molecule has 3 heterocycles. The van der Waals surface area contributed by atoms with Crippen molar-refractivity contribution in [2.75, 3.05) is 29.5 Å². The molecule has 144 valence electrons. The van der Waals surface area contributed by atoms with E-state index in [1.807, 2.05) is 0 Å². The Morgan fingerprint density at radius 2 is 1.93 bits per heavy atom. The van der Waals surface area contributed by atoms with Crippen LogP contribution in [0.25, 0.3) is 0 Å². The summed E-state index contributed by atoms with van der Waals surface area (Å²) in [6.07, 6.45) is 9.18. The smallest absolute Gasteiger partial charge is 0.158 e. The molecule has 2 aromatic heterocycles. The fraction of sp³-hybridized carbons (Fsp3) is 0.500. The van der Waals surface area contributed by atoms with Crippen LogP contribution in [0.2, 0.25) is 5.02 Å². The molecule has 0 aromatic carbocycles. The van der Waals surface area contributed by atoms with Gasteiger partial charge >= 0.3 is 0 Å². The van der Waals surface area contributed by atoms with Gasteiger partial charge in [-0.15, -0.1) is 0 Å². The first kappa shape index (κ1) is 18.6. The number of anilines is 3. The number of nitrogens with two attached hydrogens (primary N) is 3. The molecule has 4 rings (SSSR count). The fourth-order valence-electron chi connectivity index (χ4n) is 4.20. The van der Waals surface area contributed by atoms with Crippen LogP contribution in [0, 0.1) is 5.41 Å². The molecule has 1 aliphatic carbocycles. The molecule has 2 fully saturated rings. The third kappa shape index (κ3) is 3.66. The Bertz CT molecular complexity index is 838. The lowest BCUT2D eigenvalue weighted by Crippen LogP contribution is -2.47. The van der Waals surface area contributed by atoms with E-state index in [4.69, 9.17) is 28.8 Å². The summed E-state index contributed by atoms with van der Waals surface area (Å²) in [5.41, 5.74) is 18.6. The molecule has 0 amide bonds. The number of piperidine rings is 1. The Hall–Kier alpha value is -1.77. The summed E-state index contributed by atoms with van der Waals surface area (Å²) in [6, 6.07) is 2.05. The average Bonchev–Trinajstić information content (AvgIpc) is 3.00. The lowest BCUT2D eigenvalue weighted by Gasteiger charge is -2.42. The van der Waals surface area contributed by atoms with Gasteiger partial charge in [0.15, 0.2) is 5.82 Å². The topological polar surface area (TPSA) is 120 Å². The summed E-state index contributed by atoms with van der Waals surface area (Å²) in [7, 11) is 0. The molecule has 1 saturated carbocycles. The Labute approximate surface area is 168 Å². The quantitative estimate of drug-likeness (QED) is 0.712. The monoisotopic (exact) mass is 405 g/mol. The maximum absolute atomic E-state index is 6.38. The second kappa shape index (κ2) is 7.33. The predicted molar refractivity (Wildman–Crippen MR) is 110 cm³/mol. The van der Waals surface area contributed by atoms with E-state index < -0.39 is 0 Å². The molecule has 1 aliphatic heterocycles. The minimum Gasteiger partial charge on any atom is -0.384 e. The number of aromatic nitrogens is 3. The van der Waals surface area contributed by atoms with E-state index in [-0.39, 0.29) is 0 Å². The van der Waals surface area contributed by atoms with Crippen LogP contribution < -0.4 is 22.1 Å². The Balaban J connectivity index is 1.47. The number of pyridine rings is 1. The van der Waals surface area contributed by atoms with Gasteiger partial charge in [0.05, 0.1) is 11.2 Å². The summed E-state index contributed by atoms with van der Waals surface area (Å²) < 4.78 is 0. The first-order chi connectivity index (χ1) is 13.0. The van der Waals surface area contributed by atoms with Crippen molar-refractivity contribution < 1.29 is 0 Å². The Morgan fingerprint density at radius 1 is 1.15 bits per heavy atom. The number of hydrogen-bond acceptors (Lipinski definition) is 8. The van der Waals surface area contributed by atoms with E-state index in [0.717, 1.165) is 43.1 Å². The normalized spacial score (nSPS) is 21.7. The van der Waals surface area contributed by atoms with Crippen LogP contribution >= 0.6 is 23.4 Å². The molecule has 1 unspecified atom stereocenters. The summed E-state index contributed by atoms with van der Waals surface area (Å²) >= 11 is 7.52. The van der Waals surface area contributed by atoms with Crippen LogP contribution in [0.3, 0.4) is 0 Å². The van der Waals surface area contributed by atoms with Crippen LogP contribution in [-0.4, -0.2) is 34.1 Å². The van der Waals surface area contributed by atoms with Crippen molar-refractivity contribution in [1.82, 2.24) is 15.0 Å². The van der Waals surface area contributed by atoms with Gasteiger partial charge in [0.1, 0.15) is 16.7 Å². The van der Waals surface area contributed by atoms with E-state index in [2.05, 4.69) is 19.9 Å². The van der Waals surface area contributed by atoms with Crippen molar-refractivity contribution in [3.63, 3.8) is 0 Å². The first-order valence-corrected chi connectivity index (χ1v) is 10.4. The zero-order valence-electron chi connectivity index (χ0n) is 15.1. The highest BCUT2D eigenvalue weighted by Gasteiger charge is 2.43. The van der Waals surface area contributed by atoms with E-state index in [0.29, 0.717) is 33.1 Å². The standard InChI is InChI=1S/C18H24ClN7S/c19-11-9-23-14(21)8-12(11)27-17-16(22)25-15(10-24-17)26-6-4-18(5-7-26)3-1-2-13(18)20/h8-10,13H,1-7,20H2,(H2,21,23)(H2,22,25). The predicted octanol–water partition coefficient (Wildman–Crippen LogP) is 2.94. The summed E-state index contributed by atoms with van der Waals surface area (Å²) in [6.45, 7) is 1.89. The maximum atomic E-state index is 6.38. The van der Waals surface area contributed by atoms with Gasteiger partial charge in [-0.25, -0.2) is 15.0 Å². The molecule has 6 N–H and O–H groups in total. The van der Waals surface area contributed by atoms with Crippen molar-refractivity contribution in [2.24, 2.45) is 11.1 Å². The molecular weight excluding hydrogens is 382 g/mol. The van der Waals surface area contributed by atoms with Crippen molar-refractivity contribution in [2.45, 2.75) is 48.1 Å². The molecule has 27 heavy (non-hydrogen) atoms. The minimum atomic E-state index is 0.323. The number of nitrogens with zero attached hydrogens (tertiary/aromatic N) is 4. The highest BCUT2D eigenvalue weighted by atomic mass is 35.5. The molecule has 7 nitrogen and oxygen atoms in total. The number of rotatable bonds is 3. The SMILES string of the molecule is Nc1cc(Sc2ncc(N3CCC4(CCCC4N)CC3)nc2N)c(Cl)cn1. The maximum Gasteiger partial charge on any atom is 0.158 e. The van der Waals surface area contributed by atoms with Crippen molar-refractivity contribution in [1.29, 1.82) is 0 Å². The van der Waals surface area contributed by atoms with Gasteiger partial charge in [-0.3, -0.25) is 0 Å². The van der Waals surface area contributed by atoms with Gasteiger partial charge < -0.3 is 22.1 Å². The summed E-state index contributed by atoms with van der Waals surface area (Å²) in [5, 5.41) is 1.12. The lowest BCUT2D eigenvalue weighted by atomic mass is 9.74. The Morgan fingerprint density at radius 3 is 2.59 bits per heavy atom. The number of nitrogen functional groups attached to an aromatic ring is 2. The first-order valence-electron chi connectivity index (χ1n) is 9.19. The molecule has 0 radical (unpaired) electrons. The summed E-state index contributed by atoms with van der Waals surface area (Å²) in [4.78, 5) is 16.1. The minimum absolute atomic E-state index is 0.323. The van der Waals surface area contributed by atoms with Gasteiger partial charge in [0.25, 0.3) is 0 Å². The Kier molecular flexibility index (Phi) is 5.05. The fourth-order valence-corrected chi connectivity index (χ4v) is 5.21. The highest BCUT2D eigenvalue weighted by Crippen LogP contribution is 2.46. The van der Waals surface area contributed by atoms with Crippen molar-refractivity contribution in [3.05, 3.63) is 23.5 Å². The molecule has 2 aliphatic rings. The zero-order valence-corrected chi connectivity index (χ0v) is 16.6. The van der Waals surface area contributed by atoms with Gasteiger partial charge in [-0.2, -0.15) is 0 Å². The van der Waals surface area contributed by atoms with Gasteiger partial charge in [-0.05, 0) is 37.2 Å². The molecule has 1 spiro atoms. The highest BCUT2D eigenvalue weighted by molar-refractivity contribution is 7.99. The van der Waals surface area contributed by atoms with Crippen LogP contribution in [-0.2, 0) is 0 Å². The second-order valence-electron chi connectivity index (χ2n) is 7.41. The van der Waals surface area contributed by atoms with Crippen LogP contribution in [0.5, 0.6) is 0 Å². The van der Waals surface area contributed by atoms with E-state index in [1.54, 1.807) is 12.3 Å². The zero-order chi connectivity index (χ0) is 19.0. The van der Waals surface area contributed by atoms with Gasteiger partial charge in [0, 0.05) is 30.2 Å². The van der Waals surface area contributed by atoms with Crippen molar-refractivity contribution >= 4 is 40.8 Å². The van der Waals surface area contributed by atoms with E-state index in [1.165, 1.54) is 30.8 Å². The number of hydrogen-bond donors (Lipinski definition) is 3. The van der Waals surface area contributed by atoms with Crippen molar-refractivity contribution in [3.8, 4) is 0 Å². The van der Waals surface area contributed by atoms with Gasteiger partial charge in [-0.1, -0.05) is 29.8 Å². The molecule has 1 saturated heterocycles.